The van der Waals surface area contributed by atoms with Crippen molar-refractivity contribution >= 4 is 48.1 Å². The molecule has 0 N–H and O–H groups in total. The van der Waals surface area contributed by atoms with E-state index in [1.807, 2.05) is 78.2 Å². The third-order valence-corrected chi connectivity index (χ3v) is 10.8. The summed E-state index contributed by atoms with van der Waals surface area (Å²) in [6.45, 7) is 16.4. The molecule has 0 aliphatic heterocycles. The maximum absolute atomic E-state index is 6.04. The van der Waals surface area contributed by atoms with Crippen LogP contribution in [0.4, 0.5) is 0 Å². The summed E-state index contributed by atoms with van der Waals surface area (Å²) in [7, 11) is -2.56. The van der Waals surface area contributed by atoms with Gasteiger partial charge in [-0.2, -0.15) is 0 Å². The van der Waals surface area contributed by atoms with Gasteiger partial charge in [-0.05, 0) is 55.4 Å². The smallest absolute Gasteiger partial charge is 0.390 e. The summed E-state index contributed by atoms with van der Waals surface area (Å²) < 4.78 is 24.2. The second-order valence-corrected chi connectivity index (χ2v) is 12.6. The summed E-state index contributed by atoms with van der Waals surface area (Å²) in [5.74, 6) is 0. The van der Waals surface area contributed by atoms with E-state index in [2.05, 4.69) is 0 Å². The lowest BCUT2D eigenvalue weighted by atomic mass is 10.4. The van der Waals surface area contributed by atoms with Crippen molar-refractivity contribution in [2.75, 3.05) is 0 Å². The highest BCUT2D eigenvalue weighted by Gasteiger charge is 2.43. The van der Waals surface area contributed by atoms with Crippen LogP contribution >= 0.6 is 0 Å². The fourth-order valence-corrected chi connectivity index (χ4v) is 8.45. The number of rotatable bonds is 12. The molecule has 4 nitrogen and oxygen atoms in total. The van der Waals surface area contributed by atoms with Gasteiger partial charge in [0.05, 0.1) is 0 Å². The van der Waals surface area contributed by atoms with Crippen LogP contribution in [0.2, 0.25) is 0 Å². The second-order valence-electron chi connectivity index (χ2n) is 6.27. The van der Waals surface area contributed by atoms with E-state index in [1.54, 1.807) is 0 Å². The van der Waals surface area contributed by atoms with Crippen LogP contribution in [0, 0.1) is 0 Å². The molecule has 136 valence electrons. The lowest BCUT2D eigenvalue weighted by Gasteiger charge is -2.27. The average molecular weight is 425 g/mol. The maximum atomic E-state index is 6.04. The molecule has 0 fully saturated rings. The molecule has 0 aliphatic rings. The van der Waals surface area contributed by atoms with E-state index >= 15 is 0 Å². The molecule has 0 atom stereocenters. The first-order valence-electron chi connectivity index (χ1n) is 7.94. The van der Waals surface area contributed by atoms with E-state index in [1.165, 1.54) is 22.3 Å². The van der Waals surface area contributed by atoms with E-state index in [0.717, 1.165) is 0 Å². The van der Waals surface area contributed by atoms with E-state index in [0.29, 0.717) is 0 Å². The molecule has 8 radical (unpaired) electrons. The van der Waals surface area contributed by atoms with Gasteiger partial charge in [0.2, 0.25) is 0 Å². The fourth-order valence-electron chi connectivity index (χ4n) is 1.00. The zero-order chi connectivity index (χ0) is 19.3. The molecule has 0 spiro atoms. The monoisotopic (exact) mass is 424 g/mol. The lowest BCUT2D eigenvalue weighted by molar-refractivity contribution is 0.180. The van der Waals surface area contributed by atoms with Crippen LogP contribution in [-0.4, -0.2) is 48.1 Å². The van der Waals surface area contributed by atoms with Crippen molar-refractivity contribution in [3.05, 3.63) is 45.1 Å². The highest BCUT2D eigenvalue weighted by atomic mass is 28.5. The molecule has 0 aromatic carbocycles. The molecule has 0 heterocycles. The van der Waals surface area contributed by atoms with Crippen LogP contribution < -0.4 is 0 Å². The normalized spacial score (nSPS) is 10.9. The van der Waals surface area contributed by atoms with Gasteiger partial charge in [-0.25, -0.2) is 0 Å². The summed E-state index contributed by atoms with van der Waals surface area (Å²) in [5, 5.41) is 0. The third kappa shape index (κ3) is 14.7. The minimum atomic E-state index is -3.19. The van der Waals surface area contributed by atoms with Crippen LogP contribution in [-0.2, 0) is 16.5 Å². The molecule has 9 heteroatoms. The Labute approximate surface area is 165 Å². The van der Waals surface area contributed by atoms with Crippen LogP contribution in [0.25, 0.3) is 0 Å². The Morgan fingerprint density at radius 2 is 0.680 bits per heavy atom. The second kappa shape index (κ2) is 14.0. The van der Waals surface area contributed by atoms with Gasteiger partial charge < -0.3 is 16.5 Å². The molecule has 0 aromatic heterocycles. The van der Waals surface area contributed by atoms with Gasteiger partial charge >= 0.3 is 9.05 Å². The van der Waals surface area contributed by atoms with Gasteiger partial charge in [-0.3, -0.25) is 0 Å². The Hall–Kier alpha value is -0.116. The largest absolute Gasteiger partial charge is 0.637 e. The molecule has 0 saturated heterocycles. The van der Waals surface area contributed by atoms with Crippen molar-refractivity contribution in [3.8, 4) is 0 Å². The Kier molecular flexibility index (Phi) is 13.9. The highest BCUT2D eigenvalue weighted by Crippen LogP contribution is 2.12. The first-order valence-corrected chi connectivity index (χ1v) is 13.5. The van der Waals surface area contributed by atoms with Gasteiger partial charge in [-0.1, -0.05) is 45.1 Å². The van der Waals surface area contributed by atoms with E-state index < -0.39 is 9.05 Å². The van der Waals surface area contributed by atoms with Crippen molar-refractivity contribution in [1.29, 1.82) is 0 Å². The topological polar surface area (TPSA) is 36.9 Å². The Morgan fingerprint density at radius 3 is 0.840 bits per heavy atom. The van der Waals surface area contributed by atoms with Crippen LogP contribution in [0.5, 0.6) is 0 Å². The summed E-state index contributed by atoms with van der Waals surface area (Å²) in [6.07, 6.45) is 0. The minimum absolute atomic E-state index is 0.157. The standard InChI is InChI=1S/C16H28O4Si5/c1-13(2)9-21-17-25(18-22-10-14(3)4,19-23-11-15(5)6)20-24-12-16(7)8/h9-12H,1-8H3. The van der Waals surface area contributed by atoms with Crippen LogP contribution in [0.15, 0.2) is 45.1 Å². The van der Waals surface area contributed by atoms with E-state index in [-0.39, 0.29) is 39.1 Å². The molecule has 0 unspecified atom stereocenters. The maximum Gasteiger partial charge on any atom is 0.637 e. The molecular formula is C16H28O4Si5. The lowest BCUT2D eigenvalue weighted by Crippen LogP contribution is -2.52. The van der Waals surface area contributed by atoms with Crippen molar-refractivity contribution in [3.63, 3.8) is 0 Å². The van der Waals surface area contributed by atoms with Gasteiger partial charge in [-0.15, -0.1) is 0 Å². The summed E-state index contributed by atoms with van der Waals surface area (Å²) in [4.78, 5) is 0. The highest BCUT2D eigenvalue weighted by molar-refractivity contribution is 6.74. The zero-order valence-corrected chi connectivity index (χ0v) is 21.4. The number of hydrogen-bond acceptors (Lipinski definition) is 4. The molecule has 0 saturated carbocycles. The molecule has 0 rings (SSSR count). The van der Waals surface area contributed by atoms with Crippen LogP contribution in [0.3, 0.4) is 0 Å². The predicted molar refractivity (Wildman–Crippen MR) is 111 cm³/mol. The van der Waals surface area contributed by atoms with Crippen molar-refractivity contribution in [1.82, 2.24) is 0 Å². The predicted octanol–water partition coefficient (Wildman–Crippen LogP) is 3.66. The van der Waals surface area contributed by atoms with Crippen molar-refractivity contribution in [2.24, 2.45) is 0 Å². The van der Waals surface area contributed by atoms with Gasteiger partial charge in [0.1, 0.15) is 0 Å². The first kappa shape index (κ1) is 24.9. The van der Waals surface area contributed by atoms with Crippen LogP contribution in [0.1, 0.15) is 55.4 Å². The zero-order valence-electron chi connectivity index (χ0n) is 16.4. The summed E-state index contributed by atoms with van der Waals surface area (Å²) >= 11 is 0. The molecular weight excluding hydrogens is 397 g/mol. The minimum Gasteiger partial charge on any atom is -0.390 e. The fraction of sp³-hybridized carbons (Fsp3) is 0.500. The van der Waals surface area contributed by atoms with Gasteiger partial charge in [0.15, 0.2) is 0 Å². The van der Waals surface area contributed by atoms with E-state index in [9.17, 15) is 0 Å². The van der Waals surface area contributed by atoms with E-state index in [4.69, 9.17) is 16.5 Å². The molecule has 0 aliphatic carbocycles. The Balaban J connectivity index is 5.24. The third-order valence-electron chi connectivity index (χ3n) is 2.13. The molecule has 25 heavy (non-hydrogen) atoms. The van der Waals surface area contributed by atoms with Crippen molar-refractivity contribution in [2.45, 2.75) is 55.4 Å². The summed E-state index contributed by atoms with van der Waals surface area (Å²) in [6, 6.07) is 0. The Morgan fingerprint density at radius 1 is 0.480 bits per heavy atom. The van der Waals surface area contributed by atoms with Crippen molar-refractivity contribution < 1.29 is 16.5 Å². The summed E-state index contributed by atoms with van der Waals surface area (Å²) in [5.41, 5.74) is 13.0. The van der Waals surface area contributed by atoms with Gasteiger partial charge in [0, 0.05) is 0 Å². The first-order chi connectivity index (χ1) is 11.7. The number of hydrogen-bond donors (Lipinski definition) is 0. The average Bonchev–Trinajstić information content (AvgIpc) is 2.45. The quantitative estimate of drug-likeness (QED) is 0.448. The number of allylic oxidation sites excluding steroid dienone is 4. The molecule has 0 aromatic rings. The molecule has 0 amide bonds. The Bertz CT molecular complexity index is 405. The van der Waals surface area contributed by atoms with Gasteiger partial charge in [0.25, 0.3) is 39.1 Å². The molecule has 0 bridgehead atoms. The SMILES string of the molecule is CC(C)=C[Si]O[Si](O[Si]C=C(C)C)(O[Si]C=C(C)C)O[Si]C=C(C)C.